The Morgan fingerprint density at radius 2 is 1.81 bits per heavy atom. The molecule has 2 saturated carbocycles. The maximum absolute atomic E-state index is 4.80. The molecule has 146 valence electrons. The lowest BCUT2D eigenvalue weighted by Gasteiger charge is -2.25. The third kappa shape index (κ3) is 5.71. The Bertz CT molecular complexity index is 567. The van der Waals surface area contributed by atoms with Crippen LogP contribution in [0.1, 0.15) is 82.3 Å². The topological polar surface area (TPSA) is 67.1 Å². The van der Waals surface area contributed by atoms with Crippen molar-refractivity contribution in [3.63, 3.8) is 0 Å². The second kappa shape index (κ2) is 9.93. The fourth-order valence-electron chi connectivity index (χ4n) is 4.23. The molecule has 3 rings (SSSR count). The Morgan fingerprint density at radius 3 is 2.50 bits per heavy atom. The molecule has 1 heterocycles. The number of guanidine groups is 1. The van der Waals surface area contributed by atoms with Gasteiger partial charge in [0.25, 0.3) is 0 Å². The standard InChI is InChI=1S/C20H36N6/c1-16-24-25-19(26(16)2)15-22-20(23-18-12-4-3-5-13-18)21-14-8-11-17-9-6-7-10-17/h17-18H,3-15H2,1-2H3,(H2,21,22,23). The van der Waals surface area contributed by atoms with E-state index in [4.69, 9.17) is 4.99 Å². The Morgan fingerprint density at radius 1 is 1.08 bits per heavy atom. The van der Waals surface area contributed by atoms with E-state index in [0.29, 0.717) is 12.6 Å². The van der Waals surface area contributed by atoms with E-state index in [2.05, 4.69) is 20.8 Å². The third-order valence-corrected chi connectivity index (χ3v) is 6.06. The zero-order valence-electron chi connectivity index (χ0n) is 16.6. The van der Waals surface area contributed by atoms with Gasteiger partial charge in [-0.05, 0) is 38.5 Å². The Kier molecular flexibility index (Phi) is 7.32. The van der Waals surface area contributed by atoms with Crippen LogP contribution in [0.15, 0.2) is 4.99 Å². The predicted octanol–water partition coefficient (Wildman–Crippen LogP) is 3.46. The molecule has 26 heavy (non-hydrogen) atoms. The summed E-state index contributed by atoms with van der Waals surface area (Å²) in [6.45, 7) is 3.55. The van der Waals surface area contributed by atoms with Crippen molar-refractivity contribution >= 4 is 5.96 Å². The number of nitrogens with one attached hydrogen (secondary N) is 2. The fraction of sp³-hybridized carbons (Fsp3) is 0.850. The molecule has 0 unspecified atom stereocenters. The van der Waals surface area contributed by atoms with Crippen molar-refractivity contribution in [2.75, 3.05) is 6.54 Å². The largest absolute Gasteiger partial charge is 0.356 e. The number of rotatable bonds is 7. The van der Waals surface area contributed by atoms with Crippen LogP contribution in [0, 0.1) is 12.8 Å². The summed E-state index contributed by atoms with van der Waals surface area (Å²) in [7, 11) is 2.00. The average molecular weight is 361 g/mol. The molecule has 0 amide bonds. The molecule has 2 aliphatic carbocycles. The molecule has 2 N–H and O–H groups in total. The summed E-state index contributed by atoms with van der Waals surface area (Å²) in [5.74, 6) is 3.76. The lowest BCUT2D eigenvalue weighted by Crippen LogP contribution is -2.44. The molecule has 0 aliphatic heterocycles. The maximum atomic E-state index is 4.80. The first-order valence-electron chi connectivity index (χ1n) is 10.6. The van der Waals surface area contributed by atoms with Crippen LogP contribution >= 0.6 is 0 Å². The summed E-state index contributed by atoms with van der Waals surface area (Å²) in [4.78, 5) is 4.80. The van der Waals surface area contributed by atoms with Gasteiger partial charge >= 0.3 is 0 Å². The zero-order valence-corrected chi connectivity index (χ0v) is 16.6. The lowest BCUT2D eigenvalue weighted by molar-refractivity contribution is 0.408. The minimum atomic E-state index is 0.561. The van der Waals surface area contributed by atoms with E-state index < -0.39 is 0 Å². The number of hydrogen-bond acceptors (Lipinski definition) is 3. The molecule has 6 nitrogen and oxygen atoms in total. The van der Waals surface area contributed by atoms with E-state index in [1.807, 2.05) is 18.5 Å². The molecule has 0 aromatic carbocycles. The lowest BCUT2D eigenvalue weighted by atomic mass is 9.96. The van der Waals surface area contributed by atoms with Gasteiger partial charge in [0.05, 0.1) is 0 Å². The van der Waals surface area contributed by atoms with Gasteiger partial charge in [0.15, 0.2) is 11.8 Å². The van der Waals surface area contributed by atoms with Crippen LogP contribution in [0.5, 0.6) is 0 Å². The Labute approximate surface area is 158 Å². The minimum Gasteiger partial charge on any atom is -0.356 e. The van der Waals surface area contributed by atoms with Crippen LogP contribution in [-0.4, -0.2) is 33.3 Å². The highest BCUT2D eigenvalue weighted by Gasteiger charge is 2.16. The SMILES string of the molecule is Cc1nnc(CN=C(NCCCC2CCCC2)NC2CCCCC2)n1C. The van der Waals surface area contributed by atoms with Gasteiger partial charge in [-0.2, -0.15) is 0 Å². The van der Waals surface area contributed by atoms with Gasteiger partial charge in [-0.25, -0.2) is 4.99 Å². The molecule has 1 aromatic rings. The van der Waals surface area contributed by atoms with Crippen LogP contribution in [0.3, 0.4) is 0 Å². The molecule has 6 heteroatoms. The van der Waals surface area contributed by atoms with Crippen molar-refractivity contribution in [1.29, 1.82) is 0 Å². The van der Waals surface area contributed by atoms with Gasteiger partial charge in [0.2, 0.25) is 0 Å². The quantitative estimate of drug-likeness (QED) is 0.444. The zero-order chi connectivity index (χ0) is 18.2. The number of hydrogen-bond donors (Lipinski definition) is 2. The summed E-state index contributed by atoms with van der Waals surface area (Å²) in [6.07, 6.45) is 14.9. The second-order valence-electron chi connectivity index (χ2n) is 8.09. The molecule has 0 bridgehead atoms. The average Bonchev–Trinajstić information content (AvgIpc) is 3.28. The summed E-state index contributed by atoms with van der Waals surface area (Å²) in [6, 6.07) is 0.561. The van der Waals surface area contributed by atoms with E-state index in [-0.39, 0.29) is 0 Å². The first kappa shape index (κ1) is 19.2. The van der Waals surface area contributed by atoms with Gasteiger partial charge < -0.3 is 15.2 Å². The maximum Gasteiger partial charge on any atom is 0.191 e. The second-order valence-corrected chi connectivity index (χ2v) is 8.09. The minimum absolute atomic E-state index is 0.561. The van der Waals surface area contributed by atoms with Gasteiger partial charge in [-0.3, -0.25) is 0 Å². The van der Waals surface area contributed by atoms with Gasteiger partial charge in [-0.1, -0.05) is 44.9 Å². The predicted molar refractivity (Wildman–Crippen MR) is 106 cm³/mol. The summed E-state index contributed by atoms with van der Waals surface area (Å²) >= 11 is 0. The van der Waals surface area contributed by atoms with Crippen LogP contribution in [0.4, 0.5) is 0 Å². The molecule has 1 aromatic heterocycles. The molecule has 0 atom stereocenters. The van der Waals surface area contributed by atoms with Crippen LogP contribution in [-0.2, 0) is 13.6 Å². The van der Waals surface area contributed by atoms with E-state index in [9.17, 15) is 0 Å². The van der Waals surface area contributed by atoms with Crippen molar-refractivity contribution in [3.05, 3.63) is 11.6 Å². The highest BCUT2D eigenvalue weighted by Crippen LogP contribution is 2.28. The van der Waals surface area contributed by atoms with Gasteiger partial charge in [0.1, 0.15) is 12.4 Å². The summed E-state index contributed by atoms with van der Waals surface area (Å²) < 4.78 is 2.02. The van der Waals surface area contributed by atoms with Crippen molar-refractivity contribution < 1.29 is 0 Å². The van der Waals surface area contributed by atoms with E-state index in [1.54, 1.807) is 0 Å². The third-order valence-electron chi connectivity index (χ3n) is 6.06. The van der Waals surface area contributed by atoms with E-state index >= 15 is 0 Å². The van der Waals surface area contributed by atoms with Gasteiger partial charge in [-0.15, -0.1) is 10.2 Å². The molecule has 2 aliphatic rings. The summed E-state index contributed by atoms with van der Waals surface area (Å²) in [5.41, 5.74) is 0. The Balaban J connectivity index is 1.51. The van der Waals surface area contributed by atoms with E-state index in [1.165, 1.54) is 70.6 Å². The molecular formula is C20H36N6. The number of aromatic nitrogens is 3. The number of nitrogens with zero attached hydrogens (tertiary/aromatic N) is 4. The van der Waals surface area contributed by atoms with Crippen molar-refractivity contribution in [2.24, 2.45) is 18.0 Å². The van der Waals surface area contributed by atoms with Crippen LogP contribution in [0.25, 0.3) is 0 Å². The first-order valence-corrected chi connectivity index (χ1v) is 10.6. The molecule has 0 spiro atoms. The van der Waals surface area contributed by atoms with Crippen LogP contribution in [0.2, 0.25) is 0 Å². The molecular weight excluding hydrogens is 324 g/mol. The normalized spacial score (nSPS) is 19.8. The number of aliphatic imine (C=N–C) groups is 1. The fourth-order valence-corrected chi connectivity index (χ4v) is 4.23. The number of aryl methyl sites for hydroxylation is 1. The molecule has 2 fully saturated rings. The van der Waals surface area contributed by atoms with E-state index in [0.717, 1.165) is 30.1 Å². The molecule has 0 saturated heterocycles. The highest BCUT2D eigenvalue weighted by atomic mass is 15.3. The summed E-state index contributed by atoms with van der Waals surface area (Å²) in [5, 5.41) is 15.6. The van der Waals surface area contributed by atoms with Crippen LogP contribution < -0.4 is 10.6 Å². The monoisotopic (exact) mass is 360 g/mol. The smallest absolute Gasteiger partial charge is 0.191 e. The van der Waals surface area contributed by atoms with Crippen molar-refractivity contribution in [3.8, 4) is 0 Å². The molecule has 0 radical (unpaired) electrons. The highest BCUT2D eigenvalue weighted by molar-refractivity contribution is 5.80. The van der Waals surface area contributed by atoms with Crippen molar-refractivity contribution in [1.82, 2.24) is 25.4 Å². The van der Waals surface area contributed by atoms with Gasteiger partial charge in [0, 0.05) is 19.6 Å². The van der Waals surface area contributed by atoms with Crippen molar-refractivity contribution in [2.45, 2.75) is 90.1 Å². The Hall–Kier alpha value is -1.59. The first-order chi connectivity index (χ1) is 12.7.